The monoisotopic (exact) mass is 288 g/mol. The molecule has 0 spiro atoms. The van der Waals surface area contributed by atoms with Gasteiger partial charge in [-0.3, -0.25) is 9.59 Å². The Morgan fingerprint density at radius 2 is 1.55 bits per heavy atom. The van der Waals surface area contributed by atoms with Crippen LogP contribution in [0.15, 0.2) is 0 Å². The van der Waals surface area contributed by atoms with Crippen LogP contribution in [-0.2, 0) is 14.4 Å². The molecule has 20 heavy (non-hydrogen) atoms. The number of amides is 4. The number of carbonyl (C=O) groups excluding carboxylic acids is 3. The van der Waals surface area contributed by atoms with Crippen LogP contribution in [0, 0.1) is 5.92 Å². The first kappa shape index (κ1) is 17.7. The minimum absolute atomic E-state index is 0.0390. The number of rotatable bonds is 8. The van der Waals surface area contributed by atoms with Gasteiger partial charge >= 0.3 is 12.0 Å². The first-order valence-electron chi connectivity index (χ1n) is 5.98. The van der Waals surface area contributed by atoms with Crippen LogP contribution in [0.1, 0.15) is 20.3 Å². The fraction of sp³-hybridized carbons (Fsp3) is 0.636. The Bertz CT molecular complexity index is 380. The number of carbonyl (C=O) groups is 4. The first-order valence-corrected chi connectivity index (χ1v) is 5.98. The van der Waals surface area contributed by atoms with Gasteiger partial charge in [0.15, 0.2) is 0 Å². The van der Waals surface area contributed by atoms with E-state index in [4.69, 9.17) is 16.6 Å². The van der Waals surface area contributed by atoms with Crippen molar-refractivity contribution >= 4 is 23.8 Å². The third-order valence-corrected chi connectivity index (χ3v) is 2.28. The zero-order valence-electron chi connectivity index (χ0n) is 11.5. The van der Waals surface area contributed by atoms with Gasteiger partial charge in [0.2, 0.25) is 11.8 Å². The number of nitrogens with one attached hydrogen (secondary N) is 1. The highest BCUT2D eigenvalue weighted by Crippen LogP contribution is 2.05. The van der Waals surface area contributed by atoms with Crippen LogP contribution in [0.4, 0.5) is 4.79 Å². The number of primary amides is 2. The molecule has 0 rings (SSSR count). The van der Waals surface area contributed by atoms with Crippen molar-refractivity contribution in [2.24, 2.45) is 17.4 Å². The van der Waals surface area contributed by atoms with Crippen LogP contribution in [0.2, 0.25) is 0 Å². The van der Waals surface area contributed by atoms with Crippen molar-refractivity contribution in [2.45, 2.75) is 26.3 Å². The molecule has 0 aliphatic rings. The standard InChI is InChI=1S/C11H20N4O5/c1-6(2)3-7(10(18)19)14-11(20)15(4-8(12)16)5-9(13)17/h6-7H,3-5H2,1-2H3,(H2,12,16)(H2,13,17)(H,14,20)(H,18,19)/t7-/m0/s1. The first-order chi connectivity index (χ1) is 9.13. The van der Waals surface area contributed by atoms with Crippen LogP contribution in [-0.4, -0.2) is 53.0 Å². The Morgan fingerprint density at radius 3 is 1.85 bits per heavy atom. The average Bonchev–Trinajstić information content (AvgIpc) is 2.24. The molecule has 0 saturated carbocycles. The molecule has 0 aliphatic carbocycles. The molecule has 0 saturated heterocycles. The Hall–Kier alpha value is -2.32. The fourth-order valence-electron chi connectivity index (χ4n) is 1.51. The summed E-state index contributed by atoms with van der Waals surface area (Å²) in [4.78, 5) is 45.3. The van der Waals surface area contributed by atoms with Crippen LogP contribution >= 0.6 is 0 Å². The van der Waals surface area contributed by atoms with E-state index in [2.05, 4.69) is 5.32 Å². The van der Waals surface area contributed by atoms with Crippen molar-refractivity contribution in [3.05, 3.63) is 0 Å². The number of nitrogens with zero attached hydrogens (tertiary/aromatic N) is 1. The summed E-state index contributed by atoms with van der Waals surface area (Å²) in [6, 6.07) is -2.00. The minimum atomic E-state index is -1.20. The molecule has 0 unspecified atom stereocenters. The number of nitrogens with two attached hydrogens (primary N) is 2. The highest BCUT2D eigenvalue weighted by Gasteiger charge is 2.25. The molecule has 9 heteroatoms. The third-order valence-electron chi connectivity index (χ3n) is 2.28. The molecule has 0 aromatic heterocycles. The van der Waals surface area contributed by atoms with Crippen molar-refractivity contribution < 1.29 is 24.3 Å². The molecule has 0 aromatic carbocycles. The zero-order chi connectivity index (χ0) is 15.9. The van der Waals surface area contributed by atoms with E-state index in [-0.39, 0.29) is 12.3 Å². The number of carboxylic acid groups (broad SMARTS) is 1. The molecule has 0 bridgehead atoms. The molecule has 4 amide bonds. The second kappa shape index (κ2) is 7.97. The largest absolute Gasteiger partial charge is 0.480 e. The van der Waals surface area contributed by atoms with Crippen LogP contribution < -0.4 is 16.8 Å². The highest BCUT2D eigenvalue weighted by atomic mass is 16.4. The van der Waals surface area contributed by atoms with E-state index in [0.717, 1.165) is 4.90 Å². The van der Waals surface area contributed by atoms with Gasteiger partial charge in [-0.1, -0.05) is 13.8 Å². The van der Waals surface area contributed by atoms with Gasteiger partial charge < -0.3 is 26.8 Å². The SMILES string of the molecule is CC(C)C[C@H](NC(=O)N(CC(N)=O)CC(N)=O)C(=O)O. The average molecular weight is 288 g/mol. The van der Waals surface area contributed by atoms with Gasteiger partial charge in [0, 0.05) is 0 Å². The smallest absolute Gasteiger partial charge is 0.326 e. The number of urea groups is 1. The van der Waals surface area contributed by atoms with E-state index in [0.29, 0.717) is 0 Å². The van der Waals surface area contributed by atoms with Crippen LogP contribution in [0.5, 0.6) is 0 Å². The van der Waals surface area contributed by atoms with E-state index >= 15 is 0 Å². The van der Waals surface area contributed by atoms with E-state index in [1.54, 1.807) is 13.8 Å². The number of hydrogen-bond acceptors (Lipinski definition) is 4. The summed E-state index contributed by atoms with van der Waals surface area (Å²) < 4.78 is 0. The normalized spacial score (nSPS) is 11.8. The summed E-state index contributed by atoms with van der Waals surface area (Å²) in [5.41, 5.74) is 9.90. The molecule has 9 nitrogen and oxygen atoms in total. The van der Waals surface area contributed by atoms with Gasteiger partial charge in [-0.15, -0.1) is 0 Å². The van der Waals surface area contributed by atoms with Crippen molar-refractivity contribution in [1.82, 2.24) is 10.2 Å². The van der Waals surface area contributed by atoms with E-state index < -0.39 is 42.9 Å². The molecule has 114 valence electrons. The van der Waals surface area contributed by atoms with Gasteiger partial charge in [-0.25, -0.2) is 9.59 Å². The Labute approximate surface area is 116 Å². The molecule has 1 atom stereocenters. The lowest BCUT2D eigenvalue weighted by Crippen LogP contribution is -2.52. The Morgan fingerprint density at radius 1 is 1.10 bits per heavy atom. The summed E-state index contributed by atoms with van der Waals surface area (Å²) in [7, 11) is 0. The highest BCUT2D eigenvalue weighted by molar-refractivity contribution is 5.89. The second-order valence-corrected chi connectivity index (χ2v) is 4.76. The van der Waals surface area contributed by atoms with Gasteiger partial charge in [-0.05, 0) is 12.3 Å². The Kier molecular flexibility index (Phi) is 7.05. The molecule has 0 aromatic rings. The summed E-state index contributed by atoms with van der Waals surface area (Å²) in [6.07, 6.45) is 0.210. The lowest BCUT2D eigenvalue weighted by atomic mass is 10.0. The summed E-state index contributed by atoms with van der Waals surface area (Å²) >= 11 is 0. The topological polar surface area (TPSA) is 156 Å². The van der Waals surface area contributed by atoms with E-state index in [1.807, 2.05) is 0 Å². The molecule has 0 radical (unpaired) electrons. The zero-order valence-corrected chi connectivity index (χ0v) is 11.5. The quantitative estimate of drug-likeness (QED) is 0.426. The number of hydrogen-bond donors (Lipinski definition) is 4. The molecule has 0 fully saturated rings. The molecule has 0 aliphatic heterocycles. The maximum Gasteiger partial charge on any atom is 0.326 e. The molecule has 0 heterocycles. The molecular formula is C11H20N4O5. The van der Waals surface area contributed by atoms with Gasteiger partial charge in [0.25, 0.3) is 0 Å². The lowest BCUT2D eigenvalue weighted by Gasteiger charge is -2.23. The van der Waals surface area contributed by atoms with Crippen molar-refractivity contribution in [1.29, 1.82) is 0 Å². The number of carboxylic acids is 1. The summed E-state index contributed by atoms with van der Waals surface area (Å²) in [6.45, 7) is 2.55. The molecular weight excluding hydrogens is 268 g/mol. The van der Waals surface area contributed by atoms with Gasteiger partial charge in [-0.2, -0.15) is 0 Å². The maximum atomic E-state index is 11.8. The summed E-state index contributed by atoms with van der Waals surface area (Å²) in [5, 5.41) is 11.2. The van der Waals surface area contributed by atoms with Crippen molar-refractivity contribution in [3.8, 4) is 0 Å². The van der Waals surface area contributed by atoms with Crippen molar-refractivity contribution in [2.75, 3.05) is 13.1 Å². The summed E-state index contributed by atoms with van der Waals surface area (Å²) in [5.74, 6) is -2.84. The van der Waals surface area contributed by atoms with Crippen LogP contribution in [0.25, 0.3) is 0 Å². The van der Waals surface area contributed by atoms with E-state index in [9.17, 15) is 19.2 Å². The fourth-order valence-corrected chi connectivity index (χ4v) is 1.51. The minimum Gasteiger partial charge on any atom is -0.480 e. The lowest BCUT2D eigenvalue weighted by molar-refractivity contribution is -0.139. The maximum absolute atomic E-state index is 11.8. The second-order valence-electron chi connectivity index (χ2n) is 4.76. The van der Waals surface area contributed by atoms with E-state index in [1.165, 1.54) is 0 Å². The third kappa shape index (κ3) is 7.19. The van der Waals surface area contributed by atoms with Crippen molar-refractivity contribution in [3.63, 3.8) is 0 Å². The Balaban J connectivity index is 4.81. The van der Waals surface area contributed by atoms with Gasteiger partial charge in [0.05, 0.1) is 0 Å². The van der Waals surface area contributed by atoms with Gasteiger partial charge in [0.1, 0.15) is 19.1 Å². The predicted molar refractivity (Wildman–Crippen MR) is 69.4 cm³/mol. The number of aliphatic carboxylic acids is 1. The predicted octanol–water partition coefficient (Wildman–Crippen LogP) is -1.53. The molecule has 6 N–H and O–H groups in total. The van der Waals surface area contributed by atoms with Crippen LogP contribution in [0.3, 0.4) is 0 Å².